The fourth-order valence-electron chi connectivity index (χ4n) is 3.52. The largest absolute Gasteiger partial charge is 0.375 e. The first-order valence-corrected chi connectivity index (χ1v) is 9.02. The van der Waals surface area contributed by atoms with Crippen molar-refractivity contribution >= 4 is 10.8 Å². The predicted octanol–water partition coefficient (Wildman–Crippen LogP) is 2.22. The van der Waals surface area contributed by atoms with E-state index in [0.29, 0.717) is 12.1 Å². The molecule has 2 rings (SSSR count). The third-order valence-corrected chi connectivity index (χ3v) is 5.23. The molecule has 0 aromatic carbocycles. The first kappa shape index (κ1) is 14.5. The van der Waals surface area contributed by atoms with E-state index in [1.807, 2.05) is 0 Å². The summed E-state index contributed by atoms with van der Waals surface area (Å²) in [5.41, 5.74) is 0.166. The molecule has 0 aromatic heterocycles. The van der Waals surface area contributed by atoms with Gasteiger partial charge in [-0.05, 0) is 32.6 Å². The van der Waals surface area contributed by atoms with Gasteiger partial charge in [-0.1, -0.05) is 19.3 Å². The lowest BCUT2D eigenvalue weighted by molar-refractivity contribution is -0.109. The van der Waals surface area contributed by atoms with Gasteiger partial charge in [0, 0.05) is 41.5 Å². The molecule has 1 saturated carbocycles. The Balaban J connectivity index is 1.84. The van der Waals surface area contributed by atoms with E-state index in [1.54, 1.807) is 6.26 Å². The van der Waals surface area contributed by atoms with Gasteiger partial charge in [0.15, 0.2) is 0 Å². The first-order valence-electron chi connectivity index (χ1n) is 7.30. The van der Waals surface area contributed by atoms with Crippen LogP contribution in [0.2, 0.25) is 0 Å². The Morgan fingerprint density at radius 2 is 2.11 bits per heavy atom. The molecular weight excluding hydrogens is 246 g/mol. The molecule has 1 spiro atoms. The van der Waals surface area contributed by atoms with Crippen molar-refractivity contribution in [1.82, 2.24) is 5.32 Å². The molecule has 18 heavy (non-hydrogen) atoms. The van der Waals surface area contributed by atoms with Crippen LogP contribution >= 0.6 is 0 Å². The van der Waals surface area contributed by atoms with Gasteiger partial charge in [0.25, 0.3) is 0 Å². The zero-order valence-electron chi connectivity index (χ0n) is 11.7. The van der Waals surface area contributed by atoms with E-state index in [-0.39, 0.29) is 5.60 Å². The normalized spacial score (nSPS) is 31.1. The molecular formula is C14H27NO2S. The van der Waals surface area contributed by atoms with Crippen molar-refractivity contribution in [2.75, 3.05) is 18.6 Å². The molecule has 4 heteroatoms. The third kappa shape index (κ3) is 4.04. The summed E-state index contributed by atoms with van der Waals surface area (Å²) in [5, 5.41) is 3.65. The van der Waals surface area contributed by atoms with Crippen LogP contribution in [0.1, 0.15) is 51.9 Å². The fourth-order valence-corrected chi connectivity index (χ4v) is 4.32. The highest BCUT2D eigenvalue weighted by Crippen LogP contribution is 2.38. The van der Waals surface area contributed by atoms with Crippen LogP contribution < -0.4 is 5.32 Å². The Hall–Kier alpha value is 0.0700. The molecule has 1 aliphatic heterocycles. The Bertz CT molecular complexity index is 284. The molecule has 1 aliphatic carbocycles. The molecule has 0 radical (unpaired) electrons. The van der Waals surface area contributed by atoms with Crippen molar-refractivity contribution in [3.8, 4) is 0 Å². The molecule has 3 nitrogen and oxygen atoms in total. The van der Waals surface area contributed by atoms with Gasteiger partial charge in [-0.25, -0.2) is 0 Å². The summed E-state index contributed by atoms with van der Waals surface area (Å²) in [7, 11) is -0.707. The number of rotatable bonds is 4. The Kier molecular flexibility index (Phi) is 5.22. The van der Waals surface area contributed by atoms with Crippen LogP contribution in [0.4, 0.5) is 0 Å². The van der Waals surface area contributed by atoms with Crippen molar-refractivity contribution < 1.29 is 8.95 Å². The first-order chi connectivity index (χ1) is 8.60. The lowest BCUT2D eigenvalue weighted by atomic mass is 9.78. The maximum Gasteiger partial charge on any atom is 0.0697 e. The van der Waals surface area contributed by atoms with Gasteiger partial charge in [0.05, 0.1) is 5.60 Å². The number of nitrogens with one attached hydrogen (secondary N) is 1. The summed E-state index contributed by atoms with van der Waals surface area (Å²) in [6.45, 7) is 3.03. The van der Waals surface area contributed by atoms with E-state index in [1.165, 1.54) is 32.1 Å². The highest BCUT2D eigenvalue weighted by atomic mass is 32.2. The van der Waals surface area contributed by atoms with E-state index in [2.05, 4.69) is 12.2 Å². The average Bonchev–Trinajstić information content (AvgIpc) is 2.28. The minimum absolute atomic E-state index is 0.166. The SMILES string of the molecule is CC(CS(C)=O)NC1CCOC2(CCCCC2)C1. The van der Waals surface area contributed by atoms with Gasteiger partial charge in [-0.2, -0.15) is 0 Å². The van der Waals surface area contributed by atoms with Gasteiger partial charge in [0.2, 0.25) is 0 Å². The van der Waals surface area contributed by atoms with Crippen LogP contribution in [0.15, 0.2) is 0 Å². The summed E-state index contributed by atoms with van der Waals surface area (Å²) >= 11 is 0. The number of ether oxygens (including phenoxy) is 1. The van der Waals surface area contributed by atoms with Crippen LogP contribution in [0.5, 0.6) is 0 Å². The van der Waals surface area contributed by atoms with Gasteiger partial charge >= 0.3 is 0 Å². The second kappa shape index (κ2) is 6.49. The molecule has 106 valence electrons. The molecule has 0 aromatic rings. The zero-order valence-corrected chi connectivity index (χ0v) is 12.6. The minimum atomic E-state index is -0.707. The fraction of sp³-hybridized carbons (Fsp3) is 1.00. The van der Waals surface area contributed by atoms with Crippen LogP contribution in [0, 0.1) is 0 Å². The predicted molar refractivity (Wildman–Crippen MR) is 76.3 cm³/mol. The van der Waals surface area contributed by atoms with Crippen molar-refractivity contribution in [3.63, 3.8) is 0 Å². The maximum absolute atomic E-state index is 11.2. The van der Waals surface area contributed by atoms with Crippen LogP contribution in [0.25, 0.3) is 0 Å². The molecule has 1 saturated heterocycles. The molecule has 3 unspecified atom stereocenters. The van der Waals surface area contributed by atoms with Gasteiger partial charge in [-0.15, -0.1) is 0 Å². The monoisotopic (exact) mass is 273 g/mol. The molecule has 1 N–H and O–H groups in total. The summed E-state index contributed by atoms with van der Waals surface area (Å²) in [4.78, 5) is 0. The lowest BCUT2D eigenvalue weighted by Crippen LogP contribution is -2.50. The summed E-state index contributed by atoms with van der Waals surface area (Å²) in [6, 6.07) is 0.898. The number of hydrogen-bond donors (Lipinski definition) is 1. The Morgan fingerprint density at radius 3 is 2.78 bits per heavy atom. The van der Waals surface area contributed by atoms with Crippen molar-refractivity contribution in [3.05, 3.63) is 0 Å². The smallest absolute Gasteiger partial charge is 0.0697 e. The summed E-state index contributed by atoms with van der Waals surface area (Å²) in [6.07, 6.45) is 10.5. The highest BCUT2D eigenvalue weighted by molar-refractivity contribution is 7.84. The van der Waals surface area contributed by atoms with Gasteiger partial charge < -0.3 is 10.1 Å². The van der Waals surface area contributed by atoms with Gasteiger partial charge in [0.1, 0.15) is 0 Å². The second-order valence-corrected chi connectivity index (χ2v) is 7.57. The second-order valence-electron chi connectivity index (χ2n) is 6.09. The molecule has 0 amide bonds. The minimum Gasteiger partial charge on any atom is -0.375 e. The summed E-state index contributed by atoms with van der Waals surface area (Å²) < 4.78 is 17.3. The van der Waals surface area contributed by atoms with Crippen molar-refractivity contribution in [1.29, 1.82) is 0 Å². The van der Waals surface area contributed by atoms with Crippen LogP contribution in [0.3, 0.4) is 0 Å². The molecule has 2 fully saturated rings. The maximum atomic E-state index is 11.2. The molecule has 0 bridgehead atoms. The van der Waals surface area contributed by atoms with Crippen LogP contribution in [-0.4, -0.2) is 40.5 Å². The van der Waals surface area contributed by atoms with Crippen molar-refractivity contribution in [2.24, 2.45) is 0 Å². The van der Waals surface area contributed by atoms with E-state index >= 15 is 0 Å². The van der Waals surface area contributed by atoms with E-state index < -0.39 is 10.8 Å². The van der Waals surface area contributed by atoms with E-state index in [0.717, 1.165) is 25.2 Å². The standard InChI is InChI=1S/C14H27NO2S/c1-12(11-18(2)16)15-13-6-9-17-14(10-13)7-4-3-5-8-14/h12-13,15H,3-11H2,1-2H3. The number of hydrogen-bond acceptors (Lipinski definition) is 3. The van der Waals surface area contributed by atoms with Crippen molar-refractivity contribution in [2.45, 2.75) is 69.6 Å². The molecule has 1 heterocycles. The molecule has 3 atom stereocenters. The van der Waals surface area contributed by atoms with Gasteiger partial charge in [-0.3, -0.25) is 4.21 Å². The zero-order chi connectivity index (χ0) is 13.0. The van der Waals surface area contributed by atoms with Crippen LogP contribution in [-0.2, 0) is 15.5 Å². The van der Waals surface area contributed by atoms with E-state index in [9.17, 15) is 4.21 Å². The Morgan fingerprint density at radius 1 is 1.39 bits per heavy atom. The lowest BCUT2D eigenvalue weighted by Gasteiger charge is -2.44. The highest BCUT2D eigenvalue weighted by Gasteiger charge is 2.38. The van der Waals surface area contributed by atoms with E-state index in [4.69, 9.17) is 4.74 Å². The average molecular weight is 273 g/mol. The topological polar surface area (TPSA) is 38.3 Å². The molecule has 2 aliphatic rings. The quantitative estimate of drug-likeness (QED) is 0.853. The summed E-state index contributed by atoms with van der Waals surface area (Å²) in [5.74, 6) is 0.754. The third-order valence-electron chi connectivity index (χ3n) is 4.26. The Labute approximate surface area is 114 Å².